The first kappa shape index (κ1) is 21.6. The molecule has 2 aliphatic heterocycles. The molecule has 4 heterocycles. The molecule has 172 valence electrons. The lowest BCUT2D eigenvalue weighted by molar-refractivity contribution is -0.136. The van der Waals surface area contributed by atoms with Gasteiger partial charge in [0.1, 0.15) is 5.82 Å². The van der Waals surface area contributed by atoms with Crippen LogP contribution in [0.15, 0.2) is 48.8 Å². The lowest BCUT2D eigenvalue weighted by Crippen LogP contribution is -2.52. The predicted molar refractivity (Wildman–Crippen MR) is 124 cm³/mol. The van der Waals surface area contributed by atoms with Gasteiger partial charge < -0.3 is 14.7 Å². The van der Waals surface area contributed by atoms with Crippen LogP contribution in [0.3, 0.4) is 0 Å². The molecule has 2 fully saturated rings. The van der Waals surface area contributed by atoms with Crippen LogP contribution in [0, 0.1) is 11.7 Å². The second-order valence-electron chi connectivity index (χ2n) is 8.40. The van der Waals surface area contributed by atoms with Crippen molar-refractivity contribution in [3.05, 3.63) is 59.6 Å². The number of piperidine rings is 1. The van der Waals surface area contributed by atoms with Gasteiger partial charge in [0, 0.05) is 57.3 Å². The maximum atomic E-state index is 13.5. The van der Waals surface area contributed by atoms with Gasteiger partial charge in [-0.05, 0) is 49.2 Å². The Morgan fingerprint density at radius 1 is 1.00 bits per heavy atom. The second-order valence-corrected chi connectivity index (χ2v) is 8.80. The largest absolute Gasteiger partial charge is 0.368 e. The summed E-state index contributed by atoms with van der Waals surface area (Å²) < 4.78 is 15.1. The topological polar surface area (TPSA) is 70.4 Å². The van der Waals surface area contributed by atoms with E-state index < -0.39 is 5.82 Å². The number of hydrogen-bond donors (Lipinski definition) is 0. The van der Waals surface area contributed by atoms with E-state index in [1.54, 1.807) is 23.0 Å². The van der Waals surface area contributed by atoms with Gasteiger partial charge in [-0.2, -0.15) is 5.10 Å². The summed E-state index contributed by atoms with van der Waals surface area (Å²) in [6, 6.07) is 10.4. The van der Waals surface area contributed by atoms with Crippen molar-refractivity contribution in [2.24, 2.45) is 5.92 Å². The van der Waals surface area contributed by atoms with Crippen LogP contribution in [0.2, 0.25) is 5.02 Å². The second kappa shape index (κ2) is 9.35. The fourth-order valence-corrected chi connectivity index (χ4v) is 4.70. The molecule has 1 aromatic carbocycles. The summed E-state index contributed by atoms with van der Waals surface area (Å²) in [7, 11) is 0. The summed E-state index contributed by atoms with van der Waals surface area (Å²) in [5.74, 6) is 1.16. The van der Waals surface area contributed by atoms with Crippen LogP contribution in [0.5, 0.6) is 0 Å². The zero-order chi connectivity index (χ0) is 22.8. The third-order valence-electron chi connectivity index (χ3n) is 6.33. The van der Waals surface area contributed by atoms with Crippen LogP contribution in [-0.2, 0) is 4.79 Å². The molecular formula is C23H25ClFN7O. The number of hydrogen-bond acceptors (Lipinski definition) is 6. The molecular weight excluding hydrogens is 445 g/mol. The minimum Gasteiger partial charge on any atom is -0.368 e. The number of aromatic nitrogens is 4. The van der Waals surface area contributed by atoms with E-state index in [4.69, 9.17) is 11.6 Å². The summed E-state index contributed by atoms with van der Waals surface area (Å²) >= 11 is 5.93. The van der Waals surface area contributed by atoms with E-state index in [1.165, 1.54) is 6.07 Å². The Kier molecular flexibility index (Phi) is 6.13. The predicted octanol–water partition coefficient (Wildman–Crippen LogP) is 3.02. The van der Waals surface area contributed by atoms with E-state index in [9.17, 15) is 9.18 Å². The molecule has 2 aliphatic rings. The van der Waals surface area contributed by atoms with Crippen LogP contribution in [-0.4, -0.2) is 70.1 Å². The number of anilines is 2. The van der Waals surface area contributed by atoms with E-state index in [2.05, 4.69) is 25.1 Å². The molecule has 1 amide bonds. The van der Waals surface area contributed by atoms with Crippen LogP contribution in [0.4, 0.5) is 15.9 Å². The maximum absolute atomic E-state index is 13.5. The lowest BCUT2D eigenvalue weighted by Gasteiger charge is -2.40. The number of rotatable bonds is 4. The summed E-state index contributed by atoms with van der Waals surface area (Å²) in [5, 5.41) is 12.9. The Balaban J connectivity index is 1.18. The SMILES string of the molecule is O=C(C1CCCN(c2ccc(-n3cccn3)nn2)C1)N1CCN(c2ccc(F)c(Cl)c2)CC1. The highest BCUT2D eigenvalue weighted by Gasteiger charge is 2.31. The fourth-order valence-electron chi connectivity index (χ4n) is 4.53. The van der Waals surface area contributed by atoms with Crippen molar-refractivity contribution in [1.29, 1.82) is 0 Å². The van der Waals surface area contributed by atoms with Gasteiger partial charge in [-0.15, -0.1) is 10.2 Å². The van der Waals surface area contributed by atoms with Gasteiger partial charge in [0.25, 0.3) is 0 Å². The van der Waals surface area contributed by atoms with Gasteiger partial charge in [-0.3, -0.25) is 4.79 Å². The number of nitrogens with zero attached hydrogens (tertiary/aromatic N) is 7. The lowest BCUT2D eigenvalue weighted by atomic mass is 9.96. The average molecular weight is 470 g/mol. The molecule has 8 nitrogen and oxygen atoms in total. The van der Waals surface area contributed by atoms with Gasteiger partial charge in [0.2, 0.25) is 5.91 Å². The Hall–Kier alpha value is -3.20. The van der Waals surface area contributed by atoms with Gasteiger partial charge in [-0.1, -0.05) is 11.6 Å². The average Bonchev–Trinajstić information content (AvgIpc) is 3.41. The molecule has 0 aliphatic carbocycles. The van der Waals surface area contributed by atoms with E-state index in [-0.39, 0.29) is 16.8 Å². The molecule has 0 radical (unpaired) electrons. The third kappa shape index (κ3) is 4.64. The molecule has 2 saturated heterocycles. The van der Waals surface area contributed by atoms with Crippen molar-refractivity contribution in [2.45, 2.75) is 12.8 Å². The van der Waals surface area contributed by atoms with Crippen molar-refractivity contribution < 1.29 is 9.18 Å². The zero-order valence-electron chi connectivity index (χ0n) is 18.1. The quantitative estimate of drug-likeness (QED) is 0.585. The highest BCUT2D eigenvalue weighted by molar-refractivity contribution is 6.31. The normalized spacial score (nSPS) is 19.1. The minimum absolute atomic E-state index is 0.0573. The number of benzene rings is 1. The molecule has 0 spiro atoms. The summed E-state index contributed by atoms with van der Waals surface area (Å²) in [4.78, 5) is 19.5. The fraction of sp³-hybridized carbons (Fsp3) is 0.391. The van der Waals surface area contributed by atoms with Crippen molar-refractivity contribution in [3.63, 3.8) is 0 Å². The summed E-state index contributed by atoms with van der Waals surface area (Å²) in [6.07, 6.45) is 5.34. The van der Waals surface area contributed by atoms with Gasteiger partial charge in [-0.25, -0.2) is 9.07 Å². The molecule has 0 bridgehead atoms. The van der Waals surface area contributed by atoms with Gasteiger partial charge in [0.15, 0.2) is 11.6 Å². The first-order valence-electron chi connectivity index (χ1n) is 11.2. The first-order valence-corrected chi connectivity index (χ1v) is 11.5. The van der Waals surface area contributed by atoms with Crippen LogP contribution in [0.25, 0.3) is 5.82 Å². The van der Waals surface area contributed by atoms with Crippen LogP contribution < -0.4 is 9.80 Å². The molecule has 1 atom stereocenters. The smallest absolute Gasteiger partial charge is 0.227 e. The highest BCUT2D eigenvalue weighted by atomic mass is 35.5. The van der Waals surface area contributed by atoms with Crippen LogP contribution in [0.1, 0.15) is 12.8 Å². The van der Waals surface area contributed by atoms with Crippen molar-refractivity contribution >= 4 is 29.0 Å². The van der Waals surface area contributed by atoms with E-state index >= 15 is 0 Å². The molecule has 3 aromatic rings. The van der Waals surface area contributed by atoms with E-state index in [0.717, 1.165) is 30.9 Å². The standard InChI is InChI=1S/C23H25ClFN7O/c24-19-15-18(4-5-20(19)25)29-11-13-30(14-12-29)23(33)17-3-1-9-31(16-17)21-6-7-22(28-27-21)32-10-2-8-26-32/h2,4-8,10,15,17H,1,3,9,11-14,16H2. The third-order valence-corrected chi connectivity index (χ3v) is 6.62. The Bertz CT molecular complexity index is 1100. The molecule has 10 heteroatoms. The van der Waals surface area contributed by atoms with E-state index in [0.29, 0.717) is 38.5 Å². The number of amides is 1. The molecule has 5 rings (SSSR count). The summed E-state index contributed by atoms with van der Waals surface area (Å²) in [6.45, 7) is 4.18. The Labute approximate surface area is 196 Å². The number of carbonyl (C=O) groups is 1. The number of piperazine rings is 1. The number of halogens is 2. The monoisotopic (exact) mass is 469 g/mol. The van der Waals surface area contributed by atoms with E-state index in [1.807, 2.05) is 29.3 Å². The van der Waals surface area contributed by atoms with Gasteiger partial charge in [0.05, 0.1) is 10.9 Å². The molecule has 33 heavy (non-hydrogen) atoms. The number of carbonyl (C=O) groups excluding carboxylic acids is 1. The maximum Gasteiger partial charge on any atom is 0.227 e. The van der Waals surface area contributed by atoms with Crippen LogP contribution >= 0.6 is 11.6 Å². The summed E-state index contributed by atoms with van der Waals surface area (Å²) in [5.41, 5.74) is 0.884. The Morgan fingerprint density at radius 2 is 1.79 bits per heavy atom. The van der Waals surface area contributed by atoms with Crippen molar-refractivity contribution in [2.75, 3.05) is 49.1 Å². The molecule has 0 N–H and O–H groups in total. The highest BCUT2D eigenvalue weighted by Crippen LogP contribution is 2.26. The molecule has 2 aromatic heterocycles. The first-order chi connectivity index (χ1) is 16.1. The minimum atomic E-state index is -0.420. The molecule has 1 unspecified atom stereocenters. The van der Waals surface area contributed by atoms with Gasteiger partial charge >= 0.3 is 0 Å². The van der Waals surface area contributed by atoms with Crippen molar-refractivity contribution in [3.8, 4) is 5.82 Å². The van der Waals surface area contributed by atoms with Crippen molar-refractivity contribution in [1.82, 2.24) is 24.9 Å². The Morgan fingerprint density at radius 3 is 2.48 bits per heavy atom. The zero-order valence-corrected chi connectivity index (χ0v) is 18.9. The molecule has 0 saturated carbocycles.